The van der Waals surface area contributed by atoms with Crippen molar-refractivity contribution in [1.82, 2.24) is 5.32 Å². The third-order valence-electron chi connectivity index (χ3n) is 5.07. The van der Waals surface area contributed by atoms with E-state index in [0.717, 1.165) is 11.1 Å². The molecule has 0 aliphatic heterocycles. The van der Waals surface area contributed by atoms with Crippen LogP contribution in [0, 0.1) is 6.92 Å². The summed E-state index contributed by atoms with van der Waals surface area (Å²) in [5.41, 5.74) is 2.73. The molecule has 3 rings (SSSR count). The van der Waals surface area contributed by atoms with Gasteiger partial charge >= 0.3 is 0 Å². The molecule has 32 heavy (non-hydrogen) atoms. The number of methoxy groups -OCH3 is 2. The van der Waals surface area contributed by atoms with Gasteiger partial charge in [-0.05, 0) is 61.0 Å². The molecule has 1 amide bonds. The Balaban J connectivity index is 1.68. The maximum absolute atomic E-state index is 12.8. The second-order valence-electron chi connectivity index (χ2n) is 7.20. The molecule has 1 N–H and O–H groups in total. The number of nitrogens with one attached hydrogen (secondary N) is 1. The van der Waals surface area contributed by atoms with Crippen molar-refractivity contribution in [3.63, 3.8) is 0 Å². The van der Waals surface area contributed by atoms with Crippen molar-refractivity contribution in [2.75, 3.05) is 25.6 Å². The standard InChI is InChI=1S/C24H26N2O5S/c1-17-5-12-21(13-6-17)32(28,29)26(2)20-10-8-19(9-11-20)24(27)25-16-18-7-14-22(30-3)23(15-18)31-4/h5-15H,16H2,1-4H3,(H,25,27). The normalized spacial score (nSPS) is 11.0. The highest BCUT2D eigenvalue weighted by Gasteiger charge is 2.21. The van der Waals surface area contributed by atoms with E-state index in [1.165, 1.54) is 11.4 Å². The maximum Gasteiger partial charge on any atom is 0.264 e. The first-order chi connectivity index (χ1) is 15.3. The summed E-state index contributed by atoms with van der Waals surface area (Å²) in [4.78, 5) is 12.7. The van der Waals surface area contributed by atoms with Crippen molar-refractivity contribution in [2.45, 2.75) is 18.4 Å². The smallest absolute Gasteiger partial charge is 0.264 e. The average molecular weight is 455 g/mol. The fraction of sp³-hybridized carbons (Fsp3) is 0.208. The van der Waals surface area contributed by atoms with Gasteiger partial charge in [-0.15, -0.1) is 0 Å². The molecule has 3 aromatic rings. The zero-order valence-corrected chi connectivity index (χ0v) is 19.3. The van der Waals surface area contributed by atoms with E-state index in [-0.39, 0.29) is 10.8 Å². The van der Waals surface area contributed by atoms with E-state index in [9.17, 15) is 13.2 Å². The second kappa shape index (κ2) is 9.74. The highest BCUT2D eigenvalue weighted by Crippen LogP contribution is 2.27. The lowest BCUT2D eigenvalue weighted by Crippen LogP contribution is -2.27. The minimum atomic E-state index is -3.69. The Morgan fingerprint density at radius 3 is 2.12 bits per heavy atom. The predicted octanol–water partition coefficient (Wildman–Crippen LogP) is 3.77. The van der Waals surface area contributed by atoms with Crippen molar-refractivity contribution in [3.05, 3.63) is 83.4 Å². The number of anilines is 1. The average Bonchev–Trinajstić information content (AvgIpc) is 2.82. The summed E-state index contributed by atoms with van der Waals surface area (Å²) in [5.74, 6) is 0.930. The summed E-state index contributed by atoms with van der Waals surface area (Å²) in [6, 6.07) is 18.5. The molecule has 0 saturated heterocycles. The molecule has 3 aromatic carbocycles. The van der Waals surface area contributed by atoms with Crippen LogP contribution >= 0.6 is 0 Å². The van der Waals surface area contributed by atoms with Gasteiger partial charge in [0.05, 0.1) is 24.8 Å². The molecule has 7 nitrogen and oxygen atoms in total. The molecule has 0 fully saturated rings. The van der Waals surface area contributed by atoms with Crippen LogP contribution in [-0.2, 0) is 16.6 Å². The largest absolute Gasteiger partial charge is 0.493 e. The van der Waals surface area contributed by atoms with Gasteiger partial charge in [-0.2, -0.15) is 0 Å². The topological polar surface area (TPSA) is 84.9 Å². The van der Waals surface area contributed by atoms with Crippen molar-refractivity contribution >= 4 is 21.6 Å². The first-order valence-corrected chi connectivity index (χ1v) is 11.3. The van der Waals surface area contributed by atoms with Crippen molar-refractivity contribution < 1.29 is 22.7 Å². The summed E-state index contributed by atoms with van der Waals surface area (Å²) in [6.07, 6.45) is 0. The quantitative estimate of drug-likeness (QED) is 0.560. The Morgan fingerprint density at radius 2 is 1.53 bits per heavy atom. The molecule has 168 valence electrons. The van der Waals surface area contributed by atoms with E-state index in [4.69, 9.17) is 9.47 Å². The Bertz CT molecular complexity index is 1190. The minimum absolute atomic E-state index is 0.210. The first kappa shape index (κ1) is 23.1. The van der Waals surface area contributed by atoms with Crippen LogP contribution in [0.1, 0.15) is 21.5 Å². The van der Waals surface area contributed by atoms with Crippen LogP contribution < -0.4 is 19.1 Å². The van der Waals surface area contributed by atoms with Gasteiger partial charge in [0.25, 0.3) is 15.9 Å². The third kappa shape index (κ3) is 5.03. The number of sulfonamides is 1. The number of hydrogen-bond acceptors (Lipinski definition) is 5. The molecule has 0 radical (unpaired) electrons. The molecule has 0 heterocycles. The molecule has 0 aliphatic carbocycles. The number of amides is 1. The monoisotopic (exact) mass is 454 g/mol. The molecule has 0 unspecified atom stereocenters. The molecule has 0 bridgehead atoms. The number of rotatable bonds is 8. The number of carbonyl (C=O) groups is 1. The zero-order valence-electron chi connectivity index (χ0n) is 18.5. The van der Waals surface area contributed by atoms with E-state index in [1.807, 2.05) is 13.0 Å². The molecule has 0 atom stereocenters. The van der Waals surface area contributed by atoms with Crippen molar-refractivity contribution in [3.8, 4) is 11.5 Å². The Kier molecular flexibility index (Phi) is 7.05. The molecule has 0 aliphatic rings. The Hall–Kier alpha value is -3.52. The summed E-state index contributed by atoms with van der Waals surface area (Å²) < 4.78 is 37.4. The lowest BCUT2D eigenvalue weighted by Gasteiger charge is -2.20. The number of aryl methyl sites for hydroxylation is 1. The number of benzene rings is 3. The van der Waals surface area contributed by atoms with Crippen LogP contribution in [0.25, 0.3) is 0 Å². The van der Waals surface area contributed by atoms with E-state index in [1.54, 1.807) is 74.9 Å². The third-order valence-corrected chi connectivity index (χ3v) is 6.87. The summed E-state index contributed by atoms with van der Waals surface area (Å²) in [7, 11) is 0.913. The molecular formula is C24H26N2O5S. The van der Waals surface area contributed by atoms with Gasteiger partial charge in [-0.25, -0.2) is 8.42 Å². The summed E-state index contributed by atoms with van der Waals surface area (Å²) in [6.45, 7) is 2.21. The minimum Gasteiger partial charge on any atom is -0.493 e. The van der Waals surface area contributed by atoms with Crippen LogP contribution in [-0.4, -0.2) is 35.6 Å². The van der Waals surface area contributed by atoms with E-state index in [2.05, 4.69) is 5.32 Å². The van der Waals surface area contributed by atoms with Gasteiger partial charge in [0, 0.05) is 19.2 Å². The van der Waals surface area contributed by atoms with Crippen LogP contribution in [0.3, 0.4) is 0 Å². The first-order valence-electron chi connectivity index (χ1n) is 9.91. The van der Waals surface area contributed by atoms with Crippen molar-refractivity contribution in [2.24, 2.45) is 0 Å². The fourth-order valence-corrected chi connectivity index (χ4v) is 4.30. The molecule has 0 spiro atoms. The second-order valence-corrected chi connectivity index (χ2v) is 9.17. The lowest BCUT2D eigenvalue weighted by atomic mass is 10.1. The predicted molar refractivity (Wildman–Crippen MR) is 124 cm³/mol. The number of carbonyl (C=O) groups excluding carboxylic acids is 1. The van der Waals surface area contributed by atoms with E-state index < -0.39 is 10.0 Å². The van der Waals surface area contributed by atoms with Crippen LogP contribution in [0.5, 0.6) is 11.5 Å². The maximum atomic E-state index is 12.8. The zero-order chi connectivity index (χ0) is 23.3. The van der Waals surface area contributed by atoms with Gasteiger partial charge in [-0.3, -0.25) is 9.10 Å². The number of hydrogen-bond donors (Lipinski definition) is 1. The Morgan fingerprint density at radius 1 is 0.906 bits per heavy atom. The summed E-state index contributed by atoms with van der Waals surface area (Å²) >= 11 is 0. The lowest BCUT2D eigenvalue weighted by molar-refractivity contribution is 0.0951. The van der Waals surface area contributed by atoms with Gasteiger partial charge in [0.15, 0.2) is 11.5 Å². The van der Waals surface area contributed by atoms with Crippen LogP contribution in [0.15, 0.2) is 71.6 Å². The van der Waals surface area contributed by atoms with Crippen LogP contribution in [0.2, 0.25) is 0 Å². The summed E-state index contributed by atoms with van der Waals surface area (Å²) in [5, 5.41) is 2.85. The number of ether oxygens (including phenoxy) is 2. The molecule has 8 heteroatoms. The molecule has 0 saturated carbocycles. The van der Waals surface area contributed by atoms with Gasteiger partial charge in [0.2, 0.25) is 0 Å². The number of nitrogens with zero attached hydrogens (tertiary/aromatic N) is 1. The van der Waals surface area contributed by atoms with Crippen LogP contribution in [0.4, 0.5) is 5.69 Å². The van der Waals surface area contributed by atoms with Gasteiger partial charge < -0.3 is 14.8 Å². The molecule has 0 aromatic heterocycles. The SMILES string of the molecule is COc1ccc(CNC(=O)c2ccc(N(C)S(=O)(=O)c3ccc(C)cc3)cc2)cc1OC. The van der Waals surface area contributed by atoms with Gasteiger partial charge in [0.1, 0.15) is 0 Å². The molecular weight excluding hydrogens is 428 g/mol. The fourth-order valence-electron chi connectivity index (χ4n) is 3.10. The van der Waals surface area contributed by atoms with E-state index in [0.29, 0.717) is 29.3 Å². The highest BCUT2D eigenvalue weighted by atomic mass is 32.2. The van der Waals surface area contributed by atoms with Crippen molar-refractivity contribution in [1.29, 1.82) is 0 Å². The van der Waals surface area contributed by atoms with Gasteiger partial charge in [-0.1, -0.05) is 23.8 Å². The Labute approximate surface area is 188 Å². The van der Waals surface area contributed by atoms with E-state index >= 15 is 0 Å². The highest BCUT2D eigenvalue weighted by molar-refractivity contribution is 7.92.